The van der Waals surface area contributed by atoms with Crippen molar-refractivity contribution in [2.45, 2.75) is 19.1 Å². The maximum atomic E-state index is 12.8. The Kier molecular flexibility index (Phi) is 8.67. The number of benzene rings is 1. The normalized spacial score (nSPS) is 15.9. The second-order valence-corrected chi connectivity index (χ2v) is 10.00. The first-order valence-electron chi connectivity index (χ1n) is 12.0. The minimum Gasteiger partial charge on any atom is -0.355 e. The Labute approximate surface area is 204 Å². The number of nitrogens with one attached hydrogen (secondary N) is 1. The van der Waals surface area contributed by atoms with Crippen LogP contribution in [-0.4, -0.2) is 85.8 Å². The van der Waals surface area contributed by atoms with Crippen LogP contribution in [0.25, 0.3) is 11.5 Å². The van der Waals surface area contributed by atoms with Gasteiger partial charge in [-0.1, -0.05) is 25.1 Å². The number of nitrogens with zero attached hydrogens (tertiary/aromatic N) is 5. The third-order valence-electron chi connectivity index (χ3n) is 6.16. The Morgan fingerprint density at radius 1 is 1.03 bits per heavy atom. The lowest BCUT2D eigenvalue weighted by molar-refractivity contribution is -0.118. The Hall–Kier alpha value is -2.75. The molecule has 8 nitrogen and oxygen atoms in total. The number of amides is 1. The molecule has 2 aromatic heterocycles. The van der Waals surface area contributed by atoms with Gasteiger partial charge in [-0.15, -0.1) is 0 Å². The van der Waals surface area contributed by atoms with Crippen molar-refractivity contribution < 1.29 is 9.00 Å². The Morgan fingerprint density at radius 2 is 1.74 bits per heavy atom. The molecule has 1 N–H and O–H groups in total. The van der Waals surface area contributed by atoms with E-state index in [1.54, 1.807) is 6.20 Å². The molecule has 1 fully saturated rings. The van der Waals surface area contributed by atoms with Crippen molar-refractivity contribution in [1.29, 1.82) is 0 Å². The van der Waals surface area contributed by atoms with Crippen LogP contribution in [0, 0.1) is 0 Å². The quantitative estimate of drug-likeness (QED) is 0.424. The molecule has 1 aromatic carbocycles. The molecule has 182 valence electrons. The zero-order valence-electron chi connectivity index (χ0n) is 19.8. The van der Waals surface area contributed by atoms with E-state index in [1.165, 1.54) is 0 Å². The van der Waals surface area contributed by atoms with Crippen LogP contribution in [0.15, 0.2) is 61.1 Å². The van der Waals surface area contributed by atoms with Crippen LogP contribution in [0.2, 0.25) is 0 Å². The van der Waals surface area contributed by atoms with Gasteiger partial charge in [0.25, 0.3) is 0 Å². The van der Waals surface area contributed by atoms with Crippen molar-refractivity contribution in [2.24, 2.45) is 0 Å². The summed E-state index contributed by atoms with van der Waals surface area (Å²) in [6, 6.07) is 13.7. The van der Waals surface area contributed by atoms with Gasteiger partial charge in [0.2, 0.25) is 5.91 Å². The average molecular weight is 483 g/mol. The third kappa shape index (κ3) is 6.43. The van der Waals surface area contributed by atoms with Crippen molar-refractivity contribution in [1.82, 2.24) is 29.5 Å². The van der Waals surface area contributed by atoms with E-state index in [0.29, 0.717) is 6.54 Å². The van der Waals surface area contributed by atoms with Gasteiger partial charge in [-0.3, -0.25) is 9.00 Å². The van der Waals surface area contributed by atoms with Crippen LogP contribution < -0.4 is 5.32 Å². The Balaban J connectivity index is 1.28. The van der Waals surface area contributed by atoms with Crippen LogP contribution in [0.1, 0.15) is 18.9 Å². The van der Waals surface area contributed by atoms with E-state index < -0.39 is 10.8 Å². The molecule has 1 aliphatic rings. The number of likely N-dealkylation sites (N-methyl/N-ethyl adjacent to an activating group) is 1. The van der Waals surface area contributed by atoms with Crippen molar-refractivity contribution in [3.63, 3.8) is 0 Å². The van der Waals surface area contributed by atoms with E-state index in [-0.39, 0.29) is 17.4 Å². The first kappa shape index (κ1) is 24.4. The summed E-state index contributed by atoms with van der Waals surface area (Å²) in [4.78, 5) is 17.3. The molecular weight excluding hydrogens is 448 g/mol. The summed E-state index contributed by atoms with van der Waals surface area (Å²) in [7, 11) is -1.33. The van der Waals surface area contributed by atoms with Crippen LogP contribution >= 0.6 is 0 Å². The van der Waals surface area contributed by atoms with Gasteiger partial charge < -0.3 is 19.7 Å². The maximum Gasteiger partial charge on any atom is 0.232 e. The standard InChI is InChI=1S/C25H34N6O2S/c1-2-28-15-17-29(18-16-28)12-8-11-26-24(32)21-34(33)20-22-19-27-31(23-9-4-3-5-10-23)25(22)30-13-6-7-14-30/h3-7,9-10,13-14,19H,2,8,11-12,15-18,20-21H2,1H3,(H,26,32). The number of aromatic nitrogens is 3. The first-order valence-corrected chi connectivity index (χ1v) is 13.4. The number of piperazine rings is 1. The second kappa shape index (κ2) is 12.1. The number of carbonyl (C=O) groups excluding carboxylic acids is 1. The lowest BCUT2D eigenvalue weighted by atomic mass is 10.3. The van der Waals surface area contributed by atoms with Gasteiger partial charge in [-0.25, -0.2) is 4.68 Å². The Bertz CT molecular complexity index is 1060. The van der Waals surface area contributed by atoms with Gasteiger partial charge in [-0.2, -0.15) is 5.10 Å². The largest absolute Gasteiger partial charge is 0.355 e. The summed E-state index contributed by atoms with van der Waals surface area (Å²) in [5.74, 6) is 0.951. The number of carbonyl (C=O) groups is 1. The smallest absolute Gasteiger partial charge is 0.232 e. The molecule has 34 heavy (non-hydrogen) atoms. The average Bonchev–Trinajstić information content (AvgIpc) is 3.52. The van der Waals surface area contributed by atoms with Crippen LogP contribution in [-0.2, 0) is 21.3 Å². The van der Waals surface area contributed by atoms with Crippen molar-refractivity contribution in [3.05, 3.63) is 66.6 Å². The van der Waals surface area contributed by atoms with Crippen molar-refractivity contribution in [2.75, 3.05) is 51.6 Å². The summed E-state index contributed by atoms with van der Waals surface area (Å²) in [5, 5.41) is 7.48. The minimum atomic E-state index is -1.33. The zero-order valence-corrected chi connectivity index (χ0v) is 20.6. The molecule has 1 amide bonds. The van der Waals surface area contributed by atoms with E-state index in [4.69, 9.17) is 0 Å². The number of hydrogen-bond donors (Lipinski definition) is 1. The minimum absolute atomic E-state index is 0.00316. The second-order valence-electron chi connectivity index (χ2n) is 8.54. The summed E-state index contributed by atoms with van der Waals surface area (Å²) in [5.41, 5.74) is 1.77. The number of hydrogen-bond acceptors (Lipinski definition) is 5. The summed E-state index contributed by atoms with van der Waals surface area (Å²) >= 11 is 0. The lowest BCUT2D eigenvalue weighted by Gasteiger charge is -2.33. The predicted molar refractivity (Wildman–Crippen MR) is 136 cm³/mol. The molecule has 3 aromatic rings. The predicted octanol–water partition coefficient (Wildman–Crippen LogP) is 2.06. The number of rotatable bonds is 11. The highest BCUT2D eigenvalue weighted by Crippen LogP contribution is 2.21. The molecule has 1 unspecified atom stereocenters. The highest BCUT2D eigenvalue weighted by molar-refractivity contribution is 7.84. The van der Waals surface area contributed by atoms with Gasteiger partial charge in [-0.05, 0) is 43.8 Å². The lowest BCUT2D eigenvalue weighted by Crippen LogP contribution is -2.46. The molecule has 0 bridgehead atoms. The topological polar surface area (TPSA) is 75.4 Å². The molecule has 0 spiro atoms. The molecule has 1 atom stereocenters. The SMILES string of the molecule is CCN1CCN(CCCNC(=O)CS(=O)Cc2cnn(-c3ccccc3)c2-n2cccc2)CC1. The molecule has 1 aliphatic heterocycles. The highest BCUT2D eigenvalue weighted by atomic mass is 32.2. The van der Waals surface area contributed by atoms with Gasteiger partial charge >= 0.3 is 0 Å². The fraction of sp³-hybridized carbons (Fsp3) is 0.440. The molecule has 9 heteroatoms. The summed E-state index contributed by atoms with van der Waals surface area (Å²) in [6.45, 7) is 9.33. The highest BCUT2D eigenvalue weighted by Gasteiger charge is 2.18. The van der Waals surface area contributed by atoms with Crippen LogP contribution in [0.4, 0.5) is 0 Å². The van der Waals surface area contributed by atoms with E-state index in [2.05, 4.69) is 27.1 Å². The Morgan fingerprint density at radius 3 is 2.44 bits per heavy atom. The van der Waals surface area contributed by atoms with Gasteiger partial charge in [0.1, 0.15) is 11.6 Å². The van der Waals surface area contributed by atoms with Crippen LogP contribution in [0.5, 0.6) is 0 Å². The van der Waals surface area contributed by atoms with Crippen molar-refractivity contribution >= 4 is 16.7 Å². The summed E-state index contributed by atoms with van der Waals surface area (Å²) < 4.78 is 16.6. The van der Waals surface area contributed by atoms with Gasteiger partial charge in [0, 0.05) is 61.5 Å². The molecule has 4 rings (SSSR count). The summed E-state index contributed by atoms with van der Waals surface area (Å²) in [6.07, 6.45) is 6.54. The van der Waals surface area contributed by atoms with E-state index >= 15 is 0 Å². The monoisotopic (exact) mass is 482 g/mol. The molecule has 0 saturated carbocycles. The van der Waals surface area contributed by atoms with E-state index in [9.17, 15) is 9.00 Å². The van der Waals surface area contributed by atoms with Gasteiger partial charge in [0.05, 0.1) is 17.6 Å². The molecular formula is C25H34N6O2S. The molecule has 0 radical (unpaired) electrons. The van der Waals surface area contributed by atoms with Crippen molar-refractivity contribution in [3.8, 4) is 11.5 Å². The first-order chi connectivity index (χ1) is 16.6. The number of para-hydroxylation sites is 1. The zero-order chi connectivity index (χ0) is 23.8. The van der Waals surface area contributed by atoms with E-state index in [1.807, 2.05) is 64.1 Å². The molecule has 1 saturated heterocycles. The molecule has 0 aliphatic carbocycles. The van der Waals surface area contributed by atoms with Gasteiger partial charge in [0.15, 0.2) is 0 Å². The fourth-order valence-corrected chi connectivity index (χ4v) is 5.32. The third-order valence-corrected chi connectivity index (χ3v) is 7.38. The molecule has 3 heterocycles. The van der Waals surface area contributed by atoms with Crippen LogP contribution in [0.3, 0.4) is 0 Å². The van der Waals surface area contributed by atoms with E-state index in [0.717, 1.165) is 62.8 Å². The fourth-order valence-electron chi connectivity index (χ4n) is 4.27. The maximum absolute atomic E-state index is 12.8.